The van der Waals surface area contributed by atoms with E-state index in [2.05, 4.69) is 0 Å². The van der Waals surface area contributed by atoms with E-state index in [0.29, 0.717) is 0 Å². The van der Waals surface area contributed by atoms with Crippen LogP contribution in [0.5, 0.6) is 0 Å². The van der Waals surface area contributed by atoms with Crippen LogP contribution in [-0.4, -0.2) is 44.0 Å². The van der Waals surface area contributed by atoms with Crippen LogP contribution in [0.15, 0.2) is 0 Å². The van der Waals surface area contributed by atoms with E-state index in [-0.39, 0.29) is 4.70 Å². The first-order valence-electron chi connectivity index (χ1n) is 4.45. The van der Waals surface area contributed by atoms with Crippen molar-refractivity contribution in [1.29, 1.82) is 0 Å². The van der Waals surface area contributed by atoms with Gasteiger partial charge in [-0.05, 0) is 0 Å². The Morgan fingerprint density at radius 1 is 0.348 bits per heavy atom. The topological polar surface area (TPSA) is 0 Å². The molecule has 0 aromatic carbocycles. The summed E-state index contributed by atoms with van der Waals surface area (Å²) in [4.78, 5) is 0. The normalized spacial score (nSPS) is 15.7. The van der Waals surface area contributed by atoms with Gasteiger partial charge >= 0.3 is 44.0 Å². The van der Waals surface area contributed by atoms with Crippen LogP contribution in [0, 0.1) is 0 Å². The lowest BCUT2D eigenvalue weighted by atomic mass is 10.6. The van der Waals surface area contributed by atoms with Crippen molar-refractivity contribution in [3.05, 3.63) is 0 Å². The molecule has 0 unspecified atom stereocenters. The molecule has 0 aliphatic heterocycles. The molecule has 0 aromatic heterocycles. The number of hydrogen-bond donors (Lipinski definition) is 0. The third-order valence-corrected chi connectivity index (χ3v) is 5.38. The second-order valence-electron chi connectivity index (χ2n) is 3.80. The Kier molecular flexibility index (Phi) is 6.22. The Morgan fingerprint density at radius 3 is 0.565 bits per heavy atom. The molecule has 0 aromatic rings. The molecular weight excluding hydrogens is 404 g/mol. The summed E-state index contributed by atoms with van der Waals surface area (Å²) in [7, 11) is -8.61. The minimum atomic E-state index is -8.61. The van der Waals surface area contributed by atoms with Gasteiger partial charge in [0.2, 0.25) is 0 Å². The van der Waals surface area contributed by atoms with Gasteiger partial charge < -0.3 is 0 Å². The van der Waals surface area contributed by atoms with Gasteiger partial charge in [-0.1, -0.05) is 0 Å². The maximum atomic E-state index is 12.6. The lowest BCUT2D eigenvalue weighted by Crippen LogP contribution is -2.74. The highest BCUT2D eigenvalue weighted by atomic mass is 28.3. The zero-order valence-corrected chi connectivity index (χ0v) is 10.8. The Hall–Kier alpha value is -0.903. The van der Waals surface area contributed by atoms with E-state index in [1.807, 2.05) is 0 Å². The van der Waals surface area contributed by atoms with Crippen molar-refractivity contribution in [3.8, 4) is 0 Å². The summed E-state index contributed by atoms with van der Waals surface area (Å²) in [5.41, 5.74) is -22.7. The van der Waals surface area contributed by atoms with E-state index in [0.717, 1.165) is 0 Å². The average Bonchev–Trinajstić information content (AvgIpc) is 2.09. The first-order chi connectivity index (χ1) is 9.12. The maximum absolute atomic E-state index is 12.6. The van der Waals surface area contributed by atoms with E-state index < -0.39 is 44.0 Å². The van der Waals surface area contributed by atoms with E-state index in [1.54, 1.807) is 0 Å². The lowest BCUT2D eigenvalue weighted by molar-refractivity contribution is -0.298. The van der Waals surface area contributed by atoms with Crippen molar-refractivity contribution in [2.24, 2.45) is 0 Å². The summed E-state index contributed by atoms with van der Waals surface area (Å²) in [6, 6.07) is 0. The van der Waals surface area contributed by atoms with Crippen LogP contribution in [0.4, 0.5) is 70.6 Å². The van der Waals surface area contributed by atoms with Gasteiger partial charge in [0.15, 0.2) is 0 Å². The summed E-state index contributed by atoms with van der Waals surface area (Å²) in [6.07, 6.45) is -22.4. The van der Waals surface area contributed by atoms with Gasteiger partial charge in [-0.2, -0.15) is 39.5 Å². The van der Waals surface area contributed by atoms with Gasteiger partial charge in [0.25, 0.3) is 0 Å². The van der Waals surface area contributed by atoms with Gasteiger partial charge in [-0.25, -0.2) is 26.3 Å². The Balaban J connectivity index is 0. The van der Waals surface area contributed by atoms with Crippen LogP contribution in [0.3, 0.4) is 0 Å². The molecule has 0 saturated heterocycles. The molecule has 23 heavy (non-hydrogen) atoms. The van der Waals surface area contributed by atoms with Crippen molar-refractivity contribution in [2.75, 3.05) is 0 Å². The van der Waals surface area contributed by atoms with Crippen LogP contribution < -0.4 is 0 Å². The molecule has 142 valence electrons. The van der Waals surface area contributed by atoms with Gasteiger partial charge in [0, 0.05) is 0 Å². The third-order valence-electron chi connectivity index (χ3n) is 2.22. The van der Waals surface area contributed by atoms with Gasteiger partial charge in [-0.3, -0.25) is 4.70 Å². The highest BCUT2D eigenvalue weighted by Gasteiger charge is 2.88. The molecule has 0 radical (unpaired) electrons. The summed E-state index contributed by atoms with van der Waals surface area (Å²) in [5, 5.41) is 0. The van der Waals surface area contributed by atoms with Gasteiger partial charge in [0.05, 0.1) is 0 Å². The van der Waals surface area contributed by atoms with Crippen molar-refractivity contribution in [1.82, 2.24) is 0 Å². The molecule has 0 atom stereocenters. The van der Waals surface area contributed by atoms with Gasteiger partial charge in [-0.15, -0.1) is 0 Å². The predicted molar refractivity (Wildman–Crippen MR) is 42.7 cm³/mol. The second-order valence-corrected chi connectivity index (χ2v) is 6.84. The summed E-state index contributed by atoms with van der Waals surface area (Å²) in [5.74, 6) is 0. The first-order valence-corrected chi connectivity index (χ1v) is 6.18. The first kappa shape index (κ1) is 24.4. The molecule has 0 N–H and O–H groups in total. The molecule has 0 nitrogen and oxygen atoms in total. The molecule has 0 heterocycles. The number of alkyl halides is 15. The fourth-order valence-corrected chi connectivity index (χ4v) is 3.52. The zero-order chi connectivity index (χ0) is 18.6. The van der Waals surface area contributed by atoms with E-state index >= 15 is 0 Å². The van der Waals surface area contributed by atoms with Crippen LogP contribution in [0.25, 0.3) is 0 Å². The van der Waals surface area contributed by atoms with Crippen LogP contribution in [0.1, 0.15) is 0 Å². The average molecular weight is 406 g/mol. The Bertz CT molecular complexity index is 334. The second kappa shape index (κ2) is 5.87. The zero-order valence-electron chi connectivity index (χ0n) is 9.66. The molecular formula is C6H2F16Si. The highest BCUT2D eigenvalue weighted by Crippen LogP contribution is 2.55. The molecule has 0 rings (SSSR count). The van der Waals surface area contributed by atoms with Crippen molar-refractivity contribution < 1.29 is 70.6 Å². The fourth-order valence-electron chi connectivity index (χ4n) is 1.17. The number of hydrogen-bond acceptors (Lipinski definition) is 0. The third kappa shape index (κ3) is 3.96. The molecule has 0 amide bonds. The Morgan fingerprint density at radius 2 is 0.478 bits per heavy atom. The molecule has 0 saturated carbocycles. The van der Waals surface area contributed by atoms with E-state index in [4.69, 9.17) is 0 Å². The largest absolute Gasteiger partial charge is 0.448 e. The van der Waals surface area contributed by atoms with Crippen molar-refractivity contribution in [3.63, 3.8) is 0 Å². The SMILES string of the molecule is F.FC(F)(F)C(F)(F)[SiH](C(F)(F)C(F)(F)F)C(F)(F)C(F)(F)F. The highest BCUT2D eigenvalue weighted by molar-refractivity contribution is 6.67. The smallest absolute Gasteiger partial charge is 0.269 e. The molecule has 0 spiro atoms. The van der Waals surface area contributed by atoms with Gasteiger partial charge in [0.1, 0.15) is 0 Å². The van der Waals surface area contributed by atoms with E-state index in [9.17, 15) is 65.9 Å². The van der Waals surface area contributed by atoms with Crippen molar-refractivity contribution in [2.45, 2.75) is 35.2 Å². The fraction of sp³-hybridized carbons (Fsp3) is 1.00. The summed E-state index contributed by atoms with van der Waals surface area (Å²) < 4.78 is 182. The van der Waals surface area contributed by atoms with Crippen LogP contribution in [-0.2, 0) is 0 Å². The molecule has 0 aliphatic rings. The molecule has 17 heteroatoms. The minimum absolute atomic E-state index is 0. The quantitative estimate of drug-likeness (QED) is 0.476. The van der Waals surface area contributed by atoms with Crippen LogP contribution in [0.2, 0.25) is 0 Å². The maximum Gasteiger partial charge on any atom is 0.448 e. The summed E-state index contributed by atoms with van der Waals surface area (Å²) >= 11 is 0. The number of rotatable bonds is 3. The minimum Gasteiger partial charge on any atom is -0.269 e. The molecule has 0 bridgehead atoms. The Labute approximate surface area is 116 Å². The van der Waals surface area contributed by atoms with Crippen molar-refractivity contribution >= 4 is 8.80 Å². The molecule has 0 fully saturated rings. The van der Waals surface area contributed by atoms with E-state index in [1.165, 1.54) is 0 Å². The number of halogens is 16. The monoisotopic (exact) mass is 406 g/mol. The lowest BCUT2D eigenvalue weighted by Gasteiger charge is -2.38. The molecule has 0 aliphatic carbocycles. The predicted octanol–water partition coefficient (Wildman–Crippen LogP) is 4.58. The standard InChI is InChI=1S/C6HF15Si.FH/c7-1(8,9)4(16,17)22(5(18,19)2(10,11)12)6(20,21)3(13,14)15;/h22H;1H. The van der Waals surface area contributed by atoms with Crippen LogP contribution >= 0.6 is 0 Å². The summed E-state index contributed by atoms with van der Waals surface area (Å²) in [6.45, 7) is 0.